The van der Waals surface area contributed by atoms with Gasteiger partial charge in [-0.2, -0.15) is 5.10 Å². The number of benzene rings is 1. The van der Waals surface area contributed by atoms with Crippen LogP contribution in [-0.4, -0.2) is 53.4 Å². The van der Waals surface area contributed by atoms with Crippen molar-refractivity contribution in [2.45, 2.75) is 13.0 Å². The summed E-state index contributed by atoms with van der Waals surface area (Å²) in [6.45, 7) is 5.81. The number of para-hydroxylation sites is 1. The predicted octanol–water partition coefficient (Wildman–Crippen LogP) is 4.26. The van der Waals surface area contributed by atoms with Gasteiger partial charge >= 0.3 is 0 Å². The van der Waals surface area contributed by atoms with Crippen LogP contribution in [-0.2, 0) is 4.74 Å². The molecule has 0 bridgehead atoms. The average Bonchev–Trinajstić information content (AvgIpc) is 3.54. The highest BCUT2D eigenvalue weighted by atomic mass is 32.1. The van der Waals surface area contributed by atoms with E-state index in [-0.39, 0.29) is 11.9 Å². The number of rotatable bonds is 6. The van der Waals surface area contributed by atoms with E-state index < -0.39 is 0 Å². The van der Waals surface area contributed by atoms with Crippen molar-refractivity contribution >= 4 is 38.8 Å². The zero-order chi connectivity index (χ0) is 21.2. The third kappa shape index (κ3) is 4.16. The third-order valence-corrected chi connectivity index (χ3v) is 7.67. The number of amides is 1. The van der Waals surface area contributed by atoms with Gasteiger partial charge in [-0.15, -0.1) is 22.7 Å². The Balaban J connectivity index is 1.36. The summed E-state index contributed by atoms with van der Waals surface area (Å²) in [6.07, 6.45) is 0. The number of hydrogen-bond donors (Lipinski definition) is 1. The molecule has 1 aliphatic rings. The summed E-state index contributed by atoms with van der Waals surface area (Å²) in [5, 5.41) is 11.0. The smallest absolute Gasteiger partial charge is 0.261 e. The monoisotopic (exact) mass is 452 g/mol. The van der Waals surface area contributed by atoms with Crippen LogP contribution in [0.1, 0.15) is 26.3 Å². The Hall–Kier alpha value is -2.52. The Labute approximate surface area is 189 Å². The number of nitrogens with zero attached hydrogens (tertiary/aromatic N) is 3. The number of nitrogens with one attached hydrogen (secondary N) is 1. The summed E-state index contributed by atoms with van der Waals surface area (Å²) in [7, 11) is 0. The number of aryl methyl sites for hydroxylation is 1. The molecular weight excluding hydrogens is 428 g/mol. The van der Waals surface area contributed by atoms with E-state index in [0.717, 1.165) is 47.9 Å². The maximum Gasteiger partial charge on any atom is 0.261 e. The van der Waals surface area contributed by atoms with Gasteiger partial charge in [-0.05, 0) is 36.6 Å². The quantitative estimate of drug-likeness (QED) is 0.475. The highest BCUT2D eigenvalue weighted by molar-refractivity contribution is 7.20. The molecular formula is C23H24N4O2S2. The van der Waals surface area contributed by atoms with E-state index in [0.29, 0.717) is 11.4 Å². The van der Waals surface area contributed by atoms with Gasteiger partial charge in [-0.1, -0.05) is 24.3 Å². The highest BCUT2D eigenvalue weighted by Gasteiger charge is 2.25. The van der Waals surface area contributed by atoms with Gasteiger partial charge in [-0.3, -0.25) is 9.69 Å². The molecule has 5 rings (SSSR count). The first-order valence-electron chi connectivity index (χ1n) is 10.4. The van der Waals surface area contributed by atoms with Crippen molar-refractivity contribution < 1.29 is 9.53 Å². The molecule has 1 aliphatic heterocycles. The molecule has 1 atom stereocenters. The molecule has 1 N–H and O–H groups in total. The van der Waals surface area contributed by atoms with E-state index in [1.807, 2.05) is 48.0 Å². The average molecular weight is 453 g/mol. The summed E-state index contributed by atoms with van der Waals surface area (Å²) in [4.78, 5) is 18.4. The fraction of sp³-hybridized carbons (Fsp3) is 0.304. The maximum atomic E-state index is 13.1. The normalized spacial score (nSPS) is 15.9. The molecule has 31 heavy (non-hydrogen) atoms. The van der Waals surface area contributed by atoms with Crippen LogP contribution < -0.4 is 5.32 Å². The maximum absolute atomic E-state index is 13.1. The van der Waals surface area contributed by atoms with Gasteiger partial charge in [0.1, 0.15) is 4.83 Å². The standard InChI is InChI=1S/C23H24N4O2S2/c1-16-18-14-21(31-23(18)27(25-16)17-6-3-2-4-7-17)22(28)24-15-19(20-8-5-13-30-20)26-9-11-29-12-10-26/h2-8,13-14,19H,9-12,15H2,1H3,(H,24,28)/t19-/m0/s1. The van der Waals surface area contributed by atoms with E-state index in [9.17, 15) is 4.79 Å². The molecule has 0 aliphatic carbocycles. The van der Waals surface area contributed by atoms with Gasteiger partial charge in [0.25, 0.3) is 5.91 Å². The van der Waals surface area contributed by atoms with Crippen molar-refractivity contribution in [1.82, 2.24) is 20.0 Å². The van der Waals surface area contributed by atoms with Gasteiger partial charge in [0, 0.05) is 29.9 Å². The molecule has 4 aromatic rings. The van der Waals surface area contributed by atoms with Crippen LogP contribution in [0, 0.1) is 6.92 Å². The molecule has 0 radical (unpaired) electrons. The molecule has 1 saturated heterocycles. The summed E-state index contributed by atoms with van der Waals surface area (Å²) in [6, 6.07) is 16.4. The number of ether oxygens (including phenoxy) is 1. The molecule has 0 unspecified atom stereocenters. The first-order valence-corrected chi connectivity index (χ1v) is 12.1. The van der Waals surface area contributed by atoms with E-state index >= 15 is 0 Å². The Bertz CT molecular complexity index is 1160. The number of morpholine rings is 1. The van der Waals surface area contributed by atoms with Crippen LogP contribution in [0.4, 0.5) is 0 Å². The topological polar surface area (TPSA) is 59.4 Å². The van der Waals surface area contributed by atoms with Crippen LogP contribution >= 0.6 is 22.7 Å². The summed E-state index contributed by atoms with van der Waals surface area (Å²) in [5.74, 6) is -0.0324. The lowest BCUT2D eigenvalue weighted by molar-refractivity contribution is 0.0169. The molecule has 1 amide bonds. The summed E-state index contributed by atoms with van der Waals surface area (Å²) in [5.41, 5.74) is 1.93. The number of carbonyl (C=O) groups excluding carboxylic acids is 1. The van der Waals surface area contributed by atoms with Crippen molar-refractivity contribution in [3.05, 3.63) is 69.4 Å². The Morgan fingerprint density at radius 3 is 2.74 bits per heavy atom. The number of hydrogen-bond acceptors (Lipinski definition) is 6. The first-order chi connectivity index (χ1) is 15.2. The minimum atomic E-state index is -0.0324. The van der Waals surface area contributed by atoms with Gasteiger partial charge in [0.05, 0.1) is 35.5 Å². The minimum absolute atomic E-state index is 0.0324. The fourth-order valence-electron chi connectivity index (χ4n) is 3.96. The zero-order valence-corrected chi connectivity index (χ0v) is 18.9. The van der Waals surface area contributed by atoms with Gasteiger partial charge in [0.2, 0.25) is 0 Å². The number of carbonyl (C=O) groups is 1. The molecule has 1 aromatic carbocycles. The molecule has 8 heteroatoms. The van der Waals surface area contributed by atoms with Crippen LogP contribution in [0.15, 0.2) is 53.9 Å². The second-order valence-corrected chi connectivity index (χ2v) is 9.56. The van der Waals surface area contributed by atoms with Gasteiger partial charge in [0.15, 0.2) is 0 Å². The van der Waals surface area contributed by atoms with E-state index in [2.05, 4.69) is 32.8 Å². The summed E-state index contributed by atoms with van der Waals surface area (Å²) >= 11 is 3.23. The Kier molecular flexibility index (Phi) is 5.87. The zero-order valence-electron chi connectivity index (χ0n) is 17.3. The molecule has 160 valence electrons. The van der Waals surface area contributed by atoms with E-state index in [1.165, 1.54) is 16.2 Å². The van der Waals surface area contributed by atoms with E-state index in [1.54, 1.807) is 11.3 Å². The van der Waals surface area contributed by atoms with Crippen LogP contribution in [0.5, 0.6) is 0 Å². The van der Waals surface area contributed by atoms with Crippen molar-refractivity contribution in [3.63, 3.8) is 0 Å². The van der Waals surface area contributed by atoms with Crippen LogP contribution in [0.2, 0.25) is 0 Å². The fourth-order valence-corrected chi connectivity index (χ4v) is 5.92. The molecule has 6 nitrogen and oxygen atoms in total. The van der Waals surface area contributed by atoms with Crippen LogP contribution in [0.3, 0.4) is 0 Å². The van der Waals surface area contributed by atoms with Gasteiger partial charge < -0.3 is 10.1 Å². The third-order valence-electron chi connectivity index (χ3n) is 5.58. The predicted molar refractivity (Wildman–Crippen MR) is 125 cm³/mol. The lowest BCUT2D eigenvalue weighted by Crippen LogP contribution is -2.43. The first kappa shape index (κ1) is 20.4. The van der Waals surface area contributed by atoms with E-state index in [4.69, 9.17) is 4.74 Å². The Morgan fingerprint density at radius 1 is 1.19 bits per heavy atom. The molecule has 3 aromatic heterocycles. The van der Waals surface area contributed by atoms with Crippen LogP contribution in [0.25, 0.3) is 15.9 Å². The SMILES string of the molecule is Cc1nn(-c2ccccc2)c2sc(C(=O)NC[C@@H](c3cccs3)N3CCOCC3)cc12. The minimum Gasteiger partial charge on any atom is -0.379 e. The lowest BCUT2D eigenvalue weighted by Gasteiger charge is -2.34. The van der Waals surface area contributed by atoms with Crippen molar-refractivity contribution in [3.8, 4) is 5.69 Å². The Morgan fingerprint density at radius 2 is 2.00 bits per heavy atom. The second-order valence-electron chi connectivity index (χ2n) is 7.55. The number of thiophene rings is 2. The number of aromatic nitrogens is 2. The van der Waals surface area contributed by atoms with Crippen molar-refractivity contribution in [1.29, 1.82) is 0 Å². The largest absolute Gasteiger partial charge is 0.379 e. The number of fused-ring (bicyclic) bond motifs is 1. The lowest BCUT2D eigenvalue weighted by atomic mass is 10.2. The molecule has 0 saturated carbocycles. The molecule has 0 spiro atoms. The van der Waals surface area contributed by atoms with Gasteiger partial charge in [-0.25, -0.2) is 4.68 Å². The second kappa shape index (κ2) is 8.92. The highest BCUT2D eigenvalue weighted by Crippen LogP contribution is 2.31. The molecule has 1 fully saturated rings. The molecule has 4 heterocycles. The summed E-state index contributed by atoms with van der Waals surface area (Å²) < 4.78 is 7.44. The van der Waals surface area contributed by atoms with Crippen molar-refractivity contribution in [2.24, 2.45) is 0 Å². The van der Waals surface area contributed by atoms with Crippen molar-refractivity contribution in [2.75, 3.05) is 32.8 Å².